The van der Waals surface area contributed by atoms with E-state index in [1.165, 1.54) is 6.92 Å². The van der Waals surface area contributed by atoms with Gasteiger partial charge in [0.05, 0.1) is 33.0 Å². The first-order chi connectivity index (χ1) is 6.22. The molecule has 0 aromatic rings. The molecule has 0 saturated carbocycles. The molecule has 0 bridgehead atoms. The Morgan fingerprint density at radius 3 is 2.46 bits per heavy atom. The van der Waals surface area contributed by atoms with Gasteiger partial charge in [-0.25, -0.2) is 0 Å². The van der Waals surface area contributed by atoms with E-state index in [1.807, 2.05) is 0 Å². The number of aliphatic hydroxyl groups excluding tert-OH is 2. The second-order valence-corrected chi connectivity index (χ2v) is 2.49. The summed E-state index contributed by atoms with van der Waals surface area (Å²) in [5.41, 5.74) is 0. The van der Waals surface area contributed by atoms with Crippen LogP contribution in [0.1, 0.15) is 6.92 Å². The van der Waals surface area contributed by atoms with Crippen molar-refractivity contribution in [1.82, 2.24) is 0 Å². The maximum Gasteiger partial charge on any atom is 0.160 e. The molecule has 0 aliphatic carbocycles. The van der Waals surface area contributed by atoms with E-state index < -0.39 is 6.10 Å². The highest BCUT2D eigenvalue weighted by Gasteiger charge is 2.12. The molecule has 5 nitrogen and oxygen atoms in total. The Balaban J connectivity index is 3.33. The van der Waals surface area contributed by atoms with Gasteiger partial charge in [0.25, 0.3) is 0 Å². The largest absolute Gasteiger partial charge is 0.394 e. The molecule has 0 amide bonds. The average molecular weight is 192 g/mol. The molecule has 1 unspecified atom stereocenters. The van der Waals surface area contributed by atoms with Crippen LogP contribution in [-0.4, -0.2) is 55.1 Å². The third-order valence-corrected chi connectivity index (χ3v) is 1.40. The smallest absolute Gasteiger partial charge is 0.160 e. The van der Waals surface area contributed by atoms with E-state index in [2.05, 4.69) is 0 Å². The molecular weight excluding hydrogens is 176 g/mol. The van der Waals surface area contributed by atoms with Crippen molar-refractivity contribution < 1.29 is 24.5 Å². The summed E-state index contributed by atoms with van der Waals surface area (Å²) in [4.78, 5) is 10.7. The van der Waals surface area contributed by atoms with E-state index in [4.69, 9.17) is 19.7 Å². The van der Waals surface area contributed by atoms with Crippen molar-refractivity contribution in [1.29, 1.82) is 0 Å². The van der Waals surface area contributed by atoms with Crippen molar-refractivity contribution >= 4 is 5.78 Å². The minimum absolute atomic E-state index is 0.0316. The molecule has 0 radical (unpaired) electrons. The zero-order valence-electron chi connectivity index (χ0n) is 7.73. The lowest BCUT2D eigenvalue weighted by molar-refractivity contribution is -0.132. The molecule has 0 heterocycles. The Kier molecular flexibility index (Phi) is 7.82. The summed E-state index contributed by atoms with van der Waals surface area (Å²) in [7, 11) is 0. The lowest BCUT2D eigenvalue weighted by Crippen LogP contribution is -2.27. The molecule has 0 fully saturated rings. The topological polar surface area (TPSA) is 76.0 Å². The van der Waals surface area contributed by atoms with Crippen molar-refractivity contribution in [2.75, 3.05) is 33.0 Å². The summed E-state index contributed by atoms with van der Waals surface area (Å²) in [6.07, 6.45) is -0.752. The summed E-state index contributed by atoms with van der Waals surface area (Å²) >= 11 is 0. The van der Waals surface area contributed by atoms with Gasteiger partial charge in [-0.2, -0.15) is 0 Å². The Morgan fingerprint density at radius 2 is 2.00 bits per heavy atom. The quantitative estimate of drug-likeness (QED) is 0.480. The molecule has 0 saturated heterocycles. The Bertz CT molecular complexity index is 136. The number of hydrogen-bond acceptors (Lipinski definition) is 5. The zero-order valence-corrected chi connectivity index (χ0v) is 7.73. The third-order valence-electron chi connectivity index (χ3n) is 1.40. The standard InChI is InChI=1S/C8H16O5/c1-7(11)8(6-10)13-5-4-12-3-2-9/h8-10H,2-6H2,1H3. The number of Topliss-reactive ketones (excluding diaryl/α,β-unsaturated/α-hetero) is 1. The molecule has 78 valence electrons. The Labute approximate surface area is 77.3 Å². The molecule has 5 heteroatoms. The number of aliphatic hydroxyl groups is 2. The van der Waals surface area contributed by atoms with E-state index in [0.29, 0.717) is 6.61 Å². The highest BCUT2D eigenvalue weighted by atomic mass is 16.5. The molecule has 13 heavy (non-hydrogen) atoms. The maximum atomic E-state index is 10.7. The van der Waals surface area contributed by atoms with Crippen LogP contribution in [0.25, 0.3) is 0 Å². The predicted octanol–water partition coefficient (Wildman–Crippen LogP) is -1.04. The van der Waals surface area contributed by atoms with Gasteiger partial charge in [-0.05, 0) is 6.92 Å². The number of hydrogen-bond donors (Lipinski definition) is 2. The molecule has 2 N–H and O–H groups in total. The van der Waals surface area contributed by atoms with Crippen LogP contribution in [0.3, 0.4) is 0 Å². The fraction of sp³-hybridized carbons (Fsp3) is 0.875. The van der Waals surface area contributed by atoms with E-state index in [-0.39, 0.29) is 32.2 Å². The van der Waals surface area contributed by atoms with E-state index in [0.717, 1.165) is 0 Å². The fourth-order valence-corrected chi connectivity index (χ4v) is 0.715. The van der Waals surface area contributed by atoms with Gasteiger partial charge in [0, 0.05) is 0 Å². The van der Waals surface area contributed by atoms with E-state index in [9.17, 15) is 4.79 Å². The Hall–Kier alpha value is -0.490. The molecule has 0 aliphatic heterocycles. The van der Waals surface area contributed by atoms with Crippen molar-refractivity contribution in [3.8, 4) is 0 Å². The van der Waals surface area contributed by atoms with Crippen molar-refractivity contribution in [2.45, 2.75) is 13.0 Å². The summed E-state index contributed by atoms with van der Waals surface area (Å²) in [6.45, 7) is 1.82. The van der Waals surface area contributed by atoms with Gasteiger partial charge in [-0.15, -0.1) is 0 Å². The number of ether oxygens (including phenoxy) is 2. The second kappa shape index (κ2) is 8.12. The van der Waals surface area contributed by atoms with Crippen LogP contribution >= 0.6 is 0 Å². The summed E-state index contributed by atoms with van der Waals surface area (Å²) in [6, 6.07) is 0. The van der Waals surface area contributed by atoms with Gasteiger partial charge in [0.1, 0.15) is 6.10 Å². The van der Waals surface area contributed by atoms with Gasteiger partial charge in [0.15, 0.2) is 5.78 Å². The number of ketones is 1. The number of carbonyl (C=O) groups excluding carboxylic acids is 1. The van der Waals surface area contributed by atoms with Gasteiger partial charge in [-0.1, -0.05) is 0 Å². The van der Waals surface area contributed by atoms with Crippen LogP contribution in [-0.2, 0) is 14.3 Å². The molecule has 1 atom stereocenters. The van der Waals surface area contributed by atoms with Crippen molar-refractivity contribution in [2.24, 2.45) is 0 Å². The van der Waals surface area contributed by atoms with Crippen LogP contribution in [0.15, 0.2) is 0 Å². The third kappa shape index (κ3) is 6.65. The SMILES string of the molecule is CC(=O)C(CO)OCCOCCO. The predicted molar refractivity (Wildman–Crippen MR) is 45.4 cm³/mol. The minimum atomic E-state index is -0.752. The summed E-state index contributed by atoms with van der Waals surface area (Å²) in [5, 5.41) is 17.0. The van der Waals surface area contributed by atoms with Crippen molar-refractivity contribution in [3.63, 3.8) is 0 Å². The van der Waals surface area contributed by atoms with E-state index in [1.54, 1.807) is 0 Å². The molecule has 0 aromatic heterocycles. The summed E-state index contributed by atoms with van der Waals surface area (Å²) < 4.78 is 9.88. The molecule has 0 aromatic carbocycles. The van der Waals surface area contributed by atoms with Gasteiger partial charge < -0.3 is 19.7 Å². The first-order valence-electron chi connectivity index (χ1n) is 4.14. The molecule has 0 spiro atoms. The molecule has 0 aliphatic rings. The van der Waals surface area contributed by atoms with Crippen molar-refractivity contribution in [3.05, 3.63) is 0 Å². The fourth-order valence-electron chi connectivity index (χ4n) is 0.715. The van der Waals surface area contributed by atoms with E-state index >= 15 is 0 Å². The monoisotopic (exact) mass is 192 g/mol. The first-order valence-corrected chi connectivity index (χ1v) is 4.14. The highest BCUT2D eigenvalue weighted by molar-refractivity contribution is 5.80. The normalized spacial score (nSPS) is 12.8. The zero-order chi connectivity index (χ0) is 10.1. The lowest BCUT2D eigenvalue weighted by atomic mass is 10.3. The van der Waals surface area contributed by atoms with Gasteiger partial charge in [0.2, 0.25) is 0 Å². The lowest BCUT2D eigenvalue weighted by Gasteiger charge is -2.11. The maximum absolute atomic E-state index is 10.7. The number of rotatable bonds is 8. The van der Waals surface area contributed by atoms with Crippen LogP contribution in [0.5, 0.6) is 0 Å². The molecular formula is C8H16O5. The Morgan fingerprint density at radius 1 is 1.31 bits per heavy atom. The van der Waals surface area contributed by atoms with Gasteiger partial charge in [-0.3, -0.25) is 4.79 Å². The second-order valence-electron chi connectivity index (χ2n) is 2.49. The van der Waals surface area contributed by atoms with Crippen LogP contribution in [0.4, 0.5) is 0 Å². The average Bonchev–Trinajstić information content (AvgIpc) is 2.10. The summed E-state index contributed by atoms with van der Waals surface area (Å²) in [5.74, 6) is -0.204. The highest BCUT2D eigenvalue weighted by Crippen LogP contribution is 1.92. The van der Waals surface area contributed by atoms with Crippen LogP contribution in [0.2, 0.25) is 0 Å². The first kappa shape index (κ1) is 12.5. The molecule has 0 rings (SSSR count). The van der Waals surface area contributed by atoms with Gasteiger partial charge >= 0.3 is 0 Å². The van der Waals surface area contributed by atoms with Crippen LogP contribution in [0, 0.1) is 0 Å². The minimum Gasteiger partial charge on any atom is -0.394 e. The van der Waals surface area contributed by atoms with Crippen LogP contribution < -0.4 is 0 Å². The number of carbonyl (C=O) groups is 1.